The molecule has 0 bridgehead atoms. The molecule has 0 fully saturated rings. The van der Waals surface area contributed by atoms with Crippen molar-refractivity contribution in [3.05, 3.63) is 43.0 Å². The predicted molar refractivity (Wildman–Crippen MR) is 89.0 cm³/mol. The second-order valence-corrected chi connectivity index (χ2v) is 6.95. The van der Waals surface area contributed by atoms with Gasteiger partial charge in [-0.25, -0.2) is 15.0 Å². The first-order chi connectivity index (χ1) is 11.0. The van der Waals surface area contributed by atoms with Crippen LogP contribution in [0.1, 0.15) is 26.6 Å². The summed E-state index contributed by atoms with van der Waals surface area (Å²) in [6, 6.07) is 0. The zero-order valence-corrected chi connectivity index (χ0v) is 13.4. The van der Waals surface area contributed by atoms with Gasteiger partial charge in [-0.15, -0.1) is 0 Å². The standard InChI is InChI=1S/C17H18N6/c1-17(2,3)6-14-20-8-12-11(7-21-16(12)22-14)13-10-23-5-4-18-15(23)9-19-13/h4-5,7-10H,6H2,1-3H3,(H,20,21,22). The van der Waals surface area contributed by atoms with E-state index in [9.17, 15) is 0 Å². The van der Waals surface area contributed by atoms with Crippen molar-refractivity contribution in [3.8, 4) is 11.3 Å². The Balaban J connectivity index is 1.78. The van der Waals surface area contributed by atoms with Crippen LogP contribution in [0.15, 0.2) is 37.2 Å². The minimum Gasteiger partial charge on any atom is -0.345 e. The molecule has 0 saturated heterocycles. The van der Waals surface area contributed by atoms with Crippen molar-refractivity contribution in [2.24, 2.45) is 5.41 Å². The Morgan fingerprint density at radius 1 is 1.13 bits per heavy atom. The molecule has 0 aliphatic rings. The molecule has 6 heteroatoms. The lowest BCUT2D eigenvalue weighted by Gasteiger charge is -2.16. The summed E-state index contributed by atoms with van der Waals surface area (Å²) in [5.41, 5.74) is 3.71. The average Bonchev–Trinajstić information content (AvgIpc) is 3.10. The van der Waals surface area contributed by atoms with Crippen LogP contribution in [0.5, 0.6) is 0 Å². The van der Waals surface area contributed by atoms with E-state index in [1.807, 2.05) is 29.2 Å². The summed E-state index contributed by atoms with van der Waals surface area (Å²) in [6.45, 7) is 6.56. The highest BCUT2D eigenvalue weighted by molar-refractivity contribution is 5.91. The monoisotopic (exact) mass is 306 g/mol. The molecule has 0 spiro atoms. The molecule has 0 aliphatic carbocycles. The summed E-state index contributed by atoms with van der Waals surface area (Å²) < 4.78 is 1.95. The number of H-pyrrole nitrogens is 1. The van der Waals surface area contributed by atoms with E-state index < -0.39 is 0 Å². The Morgan fingerprint density at radius 2 is 2.00 bits per heavy atom. The number of fused-ring (bicyclic) bond motifs is 2. The molecule has 0 saturated carbocycles. The molecule has 4 aromatic heterocycles. The van der Waals surface area contributed by atoms with Gasteiger partial charge in [-0.3, -0.25) is 4.98 Å². The normalized spacial score (nSPS) is 12.3. The topological polar surface area (TPSA) is 71.8 Å². The first-order valence-corrected chi connectivity index (χ1v) is 7.62. The van der Waals surface area contributed by atoms with Gasteiger partial charge in [0, 0.05) is 48.4 Å². The Morgan fingerprint density at radius 3 is 2.83 bits per heavy atom. The SMILES string of the molecule is CC(C)(C)Cc1ncc2c(-c3cn4ccnc4cn3)c[nH]c2n1. The van der Waals surface area contributed by atoms with Crippen molar-refractivity contribution in [3.63, 3.8) is 0 Å². The molecule has 4 aromatic rings. The fourth-order valence-electron chi connectivity index (χ4n) is 2.68. The van der Waals surface area contributed by atoms with Crippen LogP contribution in [-0.2, 0) is 6.42 Å². The largest absolute Gasteiger partial charge is 0.345 e. The summed E-state index contributed by atoms with van der Waals surface area (Å²) in [6.07, 6.45) is 12.1. The molecule has 6 nitrogen and oxygen atoms in total. The molecule has 0 aromatic carbocycles. The maximum atomic E-state index is 4.65. The third-order valence-corrected chi connectivity index (χ3v) is 3.73. The summed E-state index contributed by atoms with van der Waals surface area (Å²) in [5, 5.41) is 0.981. The minimum atomic E-state index is 0.164. The van der Waals surface area contributed by atoms with Gasteiger partial charge in [-0.1, -0.05) is 20.8 Å². The Kier molecular flexibility index (Phi) is 2.94. The molecule has 0 unspecified atom stereocenters. The van der Waals surface area contributed by atoms with Crippen molar-refractivity contribution in [1.82, 2.24) is 29.3 Å². The van der Waals surface area contributed by atoms with Crippen molar-refractivity contribution < 1.29 is 0 Å². The molecule has 4 heterocycles. The van der Waals surface area contributed by atoms with Crippen LogP contribution in [0, 0.1) is 5.41 Å². The molecule has 23 heavy (non-hydrogen) atoms. The van der Waals surface area contributed by atoms with E-state index in [-0.39, 0.29) is 5.41 Å². The van der Waals surface area contributed by atoms with E-state index in [0.717, 1.165) is 40.2 Å². The summed E-state index contributed by atoms with van der Waals surface area (Å²) in [5.74, 6) is 0.858. The number of hydrogen-bond donors (Lipinski definition) is 1. The Bertz CT molecular complexity index is 989. The van der Waals surface area contributed by atoms with Gasteiger partial charge in [-0.2, -0.15) is 0 Å². The summed E-state index contributed by atoms with van der Waals surface area (Å²) in [7, 11) is 0. The van der Waals surface area contributed by atoms with Gasteiger partial charge in [-0.05, 0) is 5.41 Å². The highest BCUT2D eigenvalue weighted by Gasteiger charge is 2.15. The maximum absolute atomic E-state index is 4.65. The van der Waals surface area contributed by atoms with E-state index in [0.29, 0.717) is 0 Å². The van der Waals surface area contributed by atoms with Gasteiger partial charge in [0.2, 0.25) is 0 Å². The quantitative estimate of drug-likeness (QED) is 0.617. The van der Waals surface area contributed by atoms with Crippen molar-refractivity contribution in [2.45, 2.75) is 27.2 Å². The lowest BCUT2D eigenvalue weighted by Crippen LogP contribution is -2.11. The molecule has 0 radical (unpaired) electrons. The molecule has 0 amide bonds. The molecule has 4 rings (SSSR count). The minimum absolute atomic E-state index is 0.164. The maximum Gasteiger partial charge on any atom is 0.155 e. The van der Waals surface area contributed by atoms with Crippen LogP contribution in [0.25, 0.3) is 27.9 Å². The molecule has 0 atom stereocenters. The summed E-state index contributed by atoms with van der Waals surface area (Å²) in [4.78, 5) is 21.1. The number of rotatable bonds is 2. The highest BCUT2D eigenvalue weighted by Crippen LogP contribution is 2.27. The lowest BCUT2D eigenvalue weighted by molar-refractivity contribution is 0.401. The second kappa shape index (κ2) is 4.87. The molecular weight excluding hydrogens is 288 g/mol. The summed E-state index contributed by atoms with van der Waals surface area (Å²) >= 11 is 0. The first-order valence-electron chi connectivity index (χ1n) is 7.62. The van der Waals surface area contributed by atoms with Crippen LogP contribution in [0.2, 0.25) is 0 Å². The van der Waals surface area contributed by atoms with E-state index in [1.54, 1.807) is 12.4 Å². The molecule has 0 aliphatic heterocycles. The van der Waals surface area contributed by atoms with Gasteiger partial charge in [0.1, 0.15) is 11.5 Å². The van der Waals surface area contributed by atoms with Crippen molar-refractivity contribution in [1.29, 1.82) is 0 Å². The zero-order chi connectivity index (χ0) is 16.0. The Labute approximate surface area is 133 Å². The van der Waals surface area contributed by atoms with E-state index in [2.05, 4.69) is 45.7 Å². The fourth-order valence-corrected chi connectivity index (χ4v) is 2.68. The van der Waals surface area contributed by atoms with Gasteiger partial charge in [0.05, 0.1) is 11.9 Å². The van der Waals surface area contributed by atoms with E-state index >= 15 is 0 Å². The highest BCUT2D eigenvalue weighted by atomic mass is 15.0. The van der Waals surface area contributed by atoms with E-state index in [4.69, 9.17) is 0 Å². The predicted octanol–water partition coefficient (Wildman–Crippen LogP) is 3.26. The number of aromatic nitrogens is 6. The zero-order valence-electron chi connectivity index (χ0n) is 13.4. The van der Waals surface area contributed by atoms with Crippen LogP contribution in [0.3, 0.4) is 0 Å². The van der Waals surface area contributed by atoms with Crippen LogP contribution < -0.4 is 0 Å². The van der Waals surface area contributed by atoms with E-state index in [1.165, 1.54) is 0 Å². The molecule has 116 valence electrons. The number of hydrogen-bond acceptors (Lipinski definition) is 4. The Hall–Kier alpha value is -2.76. The van der Waals surface area contributed by atoms with Gasteiger partial charge < -0.3 is 9.38 Å². The smallest absolute Gasteiger partial charge is 0.155 e. The second-order valence-electron chi connectivity index (χ2n) is 6.95. The fraction of sp³-hybridized carbons (Fsp3) is 0.294. The van der Waals surface area contributed by atoms with Gasteiger partial charge in [0.15, 0.2) is 5.65 Å². The molecule has 1 N–H and O–H groups in total. The third-order valence-electron chi connectivity index (χ3n) is 3.73. The number of aromatic amines is 1. The number of imidazole rings is 1. The molecular formula is C17H18N6. The lowest BCUT2D eigenvalue weighted by atomic mass is 9.92. The van der Waals surface area contributed by atoms with Gasteiger partial charge in [0.25, 0.3) is 0 Å². The van der Waals surface area contributed by atoms with Gasteiger partial charge >= 0.3 is 0 Å². The van der Waals surface area contributed by atoms with Crippen LogP contribution in [-0.4, -0.2) is 29.3 Å². The van der Waals surface area contributed by atoms with Crippen molar-refractivity contribution in [2.75, 3.05) is 0 Å². The first kappa shape index (κ1) is 13.9. The van der Waals surface area contributed by atoms with Crippen LogP contribution >= 0.6 is 0 Å². The number of nitrogens with one attached hydrogen (secondary N) is 1. The number of nitrogens with zero attached hydrogens (tertiary/aromatic N) is 5. The average molecular weight is 306 g/mol. The van der Waals surface area contributed by atoms with Crippen molar-refractivity contribution >= 4 is 16.7 Å². The third kappa shape index (κ3) is 2.56. The van der Waals surface area contributed by atoms with Crippen LogP contribution in [0.4, 0.5) is 0 Å².